The molecule has 40 heavy (non-hydrogen) atoms. The third-order valence-corrected chi connectivity index (χ3v) is 6.29. The van der Waals surface area contributed by atoms with Crippen molar-refractivity contribution in [2.75, 3.05) is 13.1 Å². The Bertz CT molecular complexity index is 1180. The molecule has 0 bridgehead atoms. The van der Waals surface area contributed by atoms with Gasteiger partial charge in [0, 0.05) is 30.1 Å². The number of aromatic amines is 1. The number of carbonyl (C=O) groups excluding carboxylic acids is 3. The lowest BCUT2D eigenvalue weighted by Gasteiger charge is -2.25. The molecule has 4 unspecified atom stereocenters. The van der Waals surface area contributed by atoms with Crippen LogP contribution >= 0.6 is 0 Å². The number of guanidine groups is 1. The van der Waals surface area contributed by atoms with Crippen LogP contribution in [0, 0.1) is 0 Å². The van der Waals surface area contributed by atoms with Crippen molar-refractivity contribution in [3.8, 4) is 0 Å². The second-order valence-corrected chi connectivity index (χ2v) is 9.61. The normalized spacial score (nSPS) is 14.0. The number of aromatic nitrogens is 1. The topological polar surface area (TPSA) is 257 Å². The number of benzene rings is 1. The van der Waals surface area contributed by atoms with Gasteiger partial charge in [0.15, 0.2) is 5.96 Å². The SMILES string of the molecule is CC(N)C(=O)NC(CCCCN)C(=O)NC(Cc1c[nH]c2ccccc12)C(=O)NC(CCCN=C(N)N)C(=O)O. The summed E-state index contributed by atoms with van der Waals surface area (Å²) in [5.41, 5.74) is 23.5. The minimum absolute atomic E-state index is 0.0672. The zero-order valence-corrected chi connectivity index (χ0v) is 22.7. The molecule has 0 saturated heterocycles. The molecule has 3 amide bonds. The van der Waals surface area contributed by atoms with Crippen LogP contribution in [0.1, 0.15) is 44.6 Å². The van der Waals surface area contributed by atoms with E-state index in [0.717, 1.165) is 16.5 Å². The van der Waals surface area contributed by atoms with Crippen molar-refractivity contribution < 1.29 is 24.3 Å². The molecule has 0 aliphatic rings. The van der Waals surface area contributed by atoms with Gasteiger partial charge in [0.1, 0.15) is 18.1 Å². The Kier molecular flexibility index (Phi) is 12.9. The lowest BCUT2D eigenvalue weighted by atomic mass is 10.0. The molecule has 1 aromatic heterocycles. The van der Waals surface area contributed by atoms with E-state index < -0.39 is 47.9 Å². The second-order valence-electron chi connectivity index (χ2n) is 9.61. The first-order valence-electron chi connectivity index (χ1n) is 13.2. The first-order chi connectivity index (χ1) is 19.0. The van der Waals surface area contributed by atoms with Crippen molar-refractivity contribution in [2.45, 2.75) is 69.6 Å². The minimum Gasteiger partial charge on any atom is -0.480 e. The fourth-order valence-corrected chi connectivity index (χ4v) is 4.10. The zero-order chi connectivity index (χ0) is 29.7. The lowest BCUT2D eigenvalue weighted by molar-refractivity contribution is -0.142. The average Bonchev–Trinajstić information content (AvgIpc) is 3.31. The molecule has 2 rings (SSSR count). The van der Waals surface area contributed by atoms with Crippen LogP contribution in [-0.4, -0.2) is 77.0 Å². The first-order valence-corrected chi connectivity index (χ1v) is 13.2. The highest BCUT2D eigenvalue weighted by molar-refractivity contribution is 5.94. The maximum absolute atomic E-state index is 13.4. The molecule has 13 N–H and O–H groups in total. The van der Waals surface area contributed by atoms with Gasteiger partial charge < -0.3 is 49.0 Å². The molecule has 0 radical (unpaired) electrons. The molecular weight excluding hydrogens is 518 g/mol. The third kappa shape index (κ3) is 10.2. The summed E-state index contributed by atoms with van der Waals surface area (Å²) in [6.07, 6.45) is 3.65. The number of hydrogen-bond acceptors (Lipinski definition) is 7. The van der Waals surface area contributed by atoms with Crippen molar-refractivity contribution in [3.05, 3.63) is 36.0 Å². The number of carboxylic acids is 1. The molecule has 220 valence electrons. The number of amides is 3. The van der Waals surface area contributed by atoms with Crippen LogP contribution in [-0.2, 0) is 25.6 Å². The number of hydrogen-bond donors (Lipinski definition) is 9. The molecule has 14 heteroatoms. The summed E-state index contributed by atoms with van der Waals surface area (Å²) in [5, 5.41) is 18.4. The van der Waals surface area contributed by atoms with Gasteiger partial charge in [-0.25, -0.2) is 4.79 Å². The number of nitrogens with one attached hydrogen (secondary N) is 4. The van der Waals surface area contributed by atoms with Gasteiger partial charge >= 0.3 is 5.97 Å². The Morgan fingerprint density at radius 2 is 1.55 bits per heavy atom. The summed E-state index contributed by atoms with van der Waals surface area (Å²) in [6, 6.07) is 3.28. The largest absolute Gasteiger partial charge is 0.480 e. The van der Waals surface area contributed by atoms with E-state index >= 15 is 0 Å². The molecule has 0 aliphatic heterocycles. The second kappa shape index (κ2) is 16.1. The maximum atomic E-state index is 13.4. The van der Waals surface area contributed by atoms with Gasteiger partial charge in [-0.05, 0) is 57.2 Å². The molecule has 14 nitrogen and oxygen atoms in total. The van der Waals surface area contributed by atoms with Crippen LogP contribution < -0.4 is 38.9 Å². The number of carbonyl (C=O) groups is 4. The summed E-state index contributed by atoms with van der Waals surface area (Å²) in [5.74, 6) is -3.15. The van der Waals surface area contributed by atoms with Gasteiger partial charge in [-0.1, -0.05) is 18.2 Å². The van der Waals surface area contributed by atoms with Crippen LogP contribution in [0.25, 0.3) is 10.9 Å². The summed E-state index contributed by atoms with van der Waals surface area (Å²) >= 11 is 0. The number of carboxylic acid groups (broad SMARTS) is 1. The van der Waals surface area contributed by atoms with Crippen molar-refractivity contribution >= 4 is 40.6 Å². The van der Waals surface area contributed by atoms with Crippen LogP contribution in [0.2, 0.25) is 0 Å². The van der Waals surface area contributed by atoms with Gasteiger partial charge in [-0.2, -0.15) is 0 Å². The Labute approximate surface area is 232 Å². The van der Waals surface area contributed by atoms with Gasteiger partial charge in [0.2, 0.25) is 17.7 Å². The molecule has 0 spiro atoms. The predicted molar refractivity (Wildman–Crippen MR) is 152 cm³/mol. The fraction of sp³-hybridized carbons (Fsp3) is 0.500. The van der Waals surface area contributed by atoms with Crippen LogP contribution in [0.5, 0.6) is 0 Å². The zero-order valence-electron chi connectivity index (χ0n) is 22.7. The number of nitrogens with zero attached hydrogens (tertiary/aromatic N) is 1. The maximum Gasteiger partial charge on any atom is 0.326 e. The number of H-pyrrole nitrogens is 1. The number of rotatable bonds is 17. The van der Waals surface area contributed by atoms with E-state index in [-0.39, 0.29) is 31.8 Å². The van der Waals surface area contributed by atoms with E-state index in [9.17, 15) is 24.3 Å². The molecule has 2 aromatic rings. The fourth-order valence-electron chi connectivity index (χ4n) is 4.10. The van der Waals surface area contributed by atoms with Gasteiger partial charge in [0.05, 0.1) is 6.04 Å². The van der Waals surface area contributed by atoms with Crippen molar-refractivity contribution in [1.82, 2.24) is 20.9 Å². The number of unbranched alkanes of at least 4 members (excludes halogenated alkanes) is 1. The van der Waals surface area contributed by atoms with Gasteiger partial charge in [-0.15, -0.1) is 0 Å². The highest BCUT2D eigenvalue weighted by Gasteiger charge is 2.30. The van der Waals surface area contributed by atoms with Crippen LogP contribution in [0.3, 0.4) is 0 Å². The summed E-state index contributed by atoms with van der Waals surface area (Å²) in [7, 11) is 0. The Morgan fingerprint density at radius 1 is 0.925 bits per heavy atom. The Balaban J connectivity index is 2.28. The van der Waals surface area contributed by atoms with Crippen molar-refractivity contribution in [2.24, 2.45) is 27.9 Å². The van der Waals surface area contributed by atoms with Gasteiger partial charge in [-0.3, -0.25) is 19.4 Å². The van der Waals surface area contributed by atoms with Crippen LogP contribution in [0.4, 0.5) is 0 Å². The number of fused-ring (bicyclic) bond motifs is 1. The molecule has 1 heterocycles. The summed E-state index contributed by atoms with van der Waals surface area (Å²) in [4.78, 5) is 57.9. The van der Waals surface area contributed by atoms with E-state index in [1.54, 1.807) is 6.20 Å². The average molecular weight is 560 g/mol. The number of aliphatic imine (C=N–C) groups is 1. The molecule has 0 fully saturated rings. The lowest BCUT2D eigenvalue weighted by Crippen LogP contribution is -2.57. The van der Waals surface area contributed by atoms with E-state index in [0.29, 0.717) is 25.8 Å². The molecule has 1 aromatic carbocycles. The highest BCUT2D eigenvalue weighted by atomic mass is 16.4. The molecular formula is C26H41N9O5. The van der Waals surface area contributed by atoms with E-state index in [4.69, 9.17) is 22.9 Å². The van der Waals surface area contributed by atoms with Crippen molar-refractivity contribution in [3.63, 3.8) is 0 Å². The van der Waals surface area contributed by atoms with Crippen LogP contribution in [0.15, 0.2) is 35.5 Å². The monoisotopic (exact) mass is 559 g/mol. The first kappa shape index (κ1) is 32.0. The van der Waals surface area contributed by atoms with Crippen molar-refractivity contribution in [1.29, 1.82) is 0 Å². The quantitative estimate of drug-likeness (QED) is 0.0638. The predicted octanol–water partition coefficient (Wildman–Crippen LogP) is -1.22. The number of nitrogens with two attached hydrogens (primary N) is 4. The van der Waals surface area contributed by atoms with E-state index in [2.05, 4.69) is 25.9 Å². The third-order valence-electron chi connectivity index (χ3n) is 6.29. The number of aliphatic carboxylic acids is 1. The Morgan fingerprint density at radius 3 is 2.20 bits per heavy atom. The molecule has 4 atom stereocenters. The Hall–Kier alpha value is -4.17. The number of para-hydroxylation sites is 1. The molecule has 0 aliphatic carbocycles. The standard InChI is InChI=1S/C26H41N9O5/c1-15(28)22(36)33-19(9-4-5-11-27)23(37)35-21(13-16-14-32-18-8-3-2-7-17(16)18)24(38)34-20(25(39)40)10-6-12-31-26(29)30/h2-3,7-8,14-15,19-21,32H,4-6,9-13,27-28H2,1H3,(H,33,36)(H,34,38)(H,35,37)(H,39,40)(H4,29,30,31). The highest BCUT2D eigenvalue weighted by Crippen LogP contribution is 2.19. The summed E-state index contributed by atoms with van der Waals surface area (Å²) in [6.45, 7) is 2.11. The van der Waals surface area contributed by atoms with Gasteiger partial charge in [0.25, 0.3) is 0 Å². The van der Waals surface area contributed by atoms with E-state index in [1.807, 2.05) is 24.3 Å². The smallest absolute Gasteiger partial charge is 0.326 e. The summed E-state index contributed by atoms with van der Waals surface area (Å²) < 4.78 is 0. The minimum atomic E-state index is -1.24. The molecule has 0 saturated carbocycles. The van der Waals surface area contributed by atoms with E-state index in [1.165, 1.54) is 6.92 Å².